The lowest BCUT2D eigenvalue weighted by Gasteiger charge is -2.25. The van der Waals surface area contributed by atoms with Gasteiger partial charge in [0.2, 0.25) is 5.76 Å². The van der Waals surface area contributed by atoms with Crippen LogP contribution in [0.2, 0.25) is 0 Å². The predicted octanol–water partition coefficient (Wildman–Crippen LogP) is 1.61. The first-order valence-corrected chi connectivity index (χ1v) is 11.0. The van der Waals surface area contributed by atoms with Crippen molar-refractivity contribution in [2.45, 2.75) is 6.10 Å². The Balaban J connectivity index is 1.43. The first-order chi connectivity index (χ1) is 17.7. The molecule has 1 aromatic carbocycles. The number of amides is 3. The highest BCUT2D eigenvalue weighted by molar-refractivity contribution is 5.91. The smallest absolute Gasteiger partial charge is 0.433 e. The van der Waals surface area contributed by atoms with E-state index in [0.717, 1.165) is 28.1 Å². The third-order valence-electron chi connectivity index (χ3n) is 5.67. The second-order valence-corrected chi connectivity index (χ2v) is 7.99. The summed E-state index contributed by atoms with van der Waals surface area (Å²) in [6.07, 6.45) is -2.28. The number of halogens is 2. The van der Waals surface area contributed by atoms with E-state index in [1.807, 2.05) is 0 Å². The van der Waals surface area contributed by atoms with Crippen LogP contribution in [0, 0.1) is 21.7 Å². The largest absolute Gasteiger partial charge is 0.453 e. The van der Waals surface area contributed by atoms with Crippen molar-refractivity contribution < 1.29 is 42.0 Å². The van der Waals surface area contributed by atoms with Crippen LogP contribution < -0.4 is 20.5 Å². The number of carbonyl (C=O) groups is 3. The number of alkyl carbamates (subject to hydrolysis) is 1. The maximum absolute atomic E-state index is 15.1. The SMILES string of the molecule is COC(=O)NC[C@H]1CN(c2cc(F)c(N3CCNN(C(=O)c4ccc([N+](=O)[O-])o4)CC3)c(F)c2)C(=O)O1. The van der Waals surface area contributed by atoms with Gasteiger partial charge in [-0.3, -0.25) is 24.8 Å². The minimum absolute atomic E-state index is 0.0126. The van der Waals surface area contributed by atoms with Gasteiger partial charge in [-0.25, -0.2) is 23.8 Å². The molecule has 1 aromatic heterocycles. The van der Waals surface area contributed by atoms with Crippen LogP contribution in [-0.4, -0.2) is 80.5 Å². The number of ether oxygens (including phenoxy) is 2. The number of nitrogens with one attached hydrogen (secondary N) is 2. The molecule has 0 saturated carbocycles. The van der Waals surface area contributed by atoms with Crippen LogP contribution in [0.5, 0.6) is 0 Å². The first kappa shape index (κ1) is 25.6. The van der Waals surface area contributed by atoms with Crippen molar-refractivity contribution in [3.05, 3.63) is 51.8 Å². The molecule has 0 unspecified atom stereocenters. The molecule has 2 fully saturated rings. The second kappa shape index (κ2) is 10.7. The molecule has 0 bridgehead atoms. The summed E-state index contributed by atoms with van der Waals surface area (Å²) in [5.74, 6) is -3.38. The fourth-order valence-electron chi connectivity index (χ4n) is 3.92. The van der Waals surface area contributed by atoms with Gasteiger partial charge in [-0.2, -0.15) is 0 Å². The van der Waals surface area contributed by atoms with Gasteiger partial charge in [0, 0.05) is 31.8 Å². The van der Waals surface area contributed by atoms with Gasteiger partial charge >= 0.3 is 24.0 Å². The Morgan fingerprint density at radius 3 is 2.62 bits per heavy atom. The summed E-state index contributed by atoms with van der Waals surface area (Å²) in [5, 5.41) is 14.3. The van der Waals surface area contributed by atoms with E-state index in [-0.39, 0.29) is 56.4 Å². The molecule has 0 aliphatic carbocycles. The topological polar surface area (TPSA) is 160 Å². The van der Waals surface area contributed by atoms with E-state index in [1.165, 1.54) is 18.1 Å². The number of methoxy groups -OCH3 is 1. The third-order valence-corrected chi connectivity index (χ3v) is 5.67. The standard InChI is InChI=1S/C21H22F2N6O8/c1-35-20(31)24-10-13-11-27(21(32)36-13)12-8-14(22)18(15(23)9-12)26-5-4-25-28(7-6-26)19(30)16-2-3-17(37-16)29(33)34/h2-3,8-9,13,25H,4-7,10-11H2,1H3,(H,24,31)/t13-/m0/s1. The van der Waals surface area contributed by atoms with Crippen LogP contribution in [0.25, 0.3) is 0 Å². The fourth-order valence-corrected chi connectivity index (χ4v) is 3.92. The highest BCUT2D eigenvalue weighted by Gasteiger charge is 2.34. The molecular weight excluding hydrogens is 502 g/mol. The summed E-state index contributed by atoms with van der Waals surface area (Å²) >= 11 is 0. The number of furan rings is 1. The normalized spacial score (nSPS) is 17.9. The van der Waals surface area contributed by atoms with Crippen molar-refractivity contribution in [3.8, 4) is 0 Å². The number of cyclic esters (lactones) is 1. The Morgan fingerprint density at radius 1 is 1.24 bits per heavy atom. The van der Waals surface area contributed by atoms with E-state index in [9.17, 15) is 24.5 Å². The average molecular weight is 524 g/mol. The monoisotopic (exact) mass is 524 g/mol. The molecule has 37 heavy (non-hydrogen) atoms. The average Bonchev–Trinajstić information content (AvgIpc) is 3.43. The van der Waals surface area contributed by atoms with Gasteiger partial charge in [0.25, 0.3) is 0 Å². The van der Waals surface area contributed by atoms with Crippen LogP contribution in [0.3, 0.4) is 0 Å². The van der Waals surface area contributed by atoms with Crippen molar-refractivity contribution in [1.82, 2.24) is 15.8 Å². The molecule has 2 saturated heterocycles. The van der Waals surface area contributed by atoms with Crippen molar-refractivity contribution in [2.75, 3.05) is 56.2 Å². The number of hydrogen-bond acceptors (Lipinski definition) is 10. The molecule has 1 atom stereocenters. The minimum atomic E-state index is -0.930. The van der Waals surface area contributed by atoms with Crippen molar-refractivity contribution in [3.63, 3.8) is 0 Å². The zero-order chi connectivity index (χ0) is 26.7. The van der Waals surface area contributed by atoms with Crippen LogP contribution in [0.1, 0.15) is 10.6 Å². The Bertz CT molecular complexity index is 1200. The molecular formula is C21H22F2N6O8. The maximum Gasteiger partial charge on any atom is 0.433 e. The molecule has 4 rings (SSSR count). The van der Waals surface area contributed by atoms with Crippen molar-refractivity contribution in [1.29, 1.82) is 0 Å². The van der Waals surface area contributed by atoms with E-state index in [1.54, 1.807) is 0 Å². The Morgan fingerprint density at radius 2 is 1.97 bits per heavy atom. The molecule has 2 aliphatic heterocycles. The van der Waals surface area contributed by atoms with Gasteiger partial charge in [-0.1, -0.05) is 0 Å². The second-order valence-electron chi connectivity index (χ2n) is 7.99. The Hall–Kier alpha value is -4.47. The Labute approximate surface area is 207 Å². The van der Waals surface area contributed by atoms with E-state index >= 15 is 8.78 Å². The molecule has 0 spiro atoms. The molecule has 16 heteroatoms. The predicted molar refractivity (Wildman–Crippen MR) is 121 cm³/mol. The summed E-state index contributed by atoms with van der Waals surface area (Å²) in [4.78, 5) is 48.5. The van der Waals surface area contributed by atoms with Crippen molar-refractivity contribution in [2.24, 2.45) is 0 Å². The highest BCUT2D eigenvalue weighted by Crippen LogP contribution is 2.31. The van der Waals surface area contributed by atoms with Gasteiger partial charge in [-0.15, -0.1) is 0 Å². The molecule has 0 radical (unpaired) electrons. The number of hydrazine groups is 1. The number of nitro groups is 1. The number of benzene rings is 1. The lowest BCUT2D eigenvalue weighted by atomic mass is 10.2. The van der Waals surface area contributed by atoms with Gasteiger partial charge in [0.1, 0.15) is 16.7 Å². The quantitative estimate of drug-likeness (QED) is 0.420. The molecule has 2 aromatic rings. The number of anilines is 2. The summed E-state index contributed by atoms with van der Waals surface area (Å²) in [6.45, 7) is 0.184. The van der Waals surface area contributed by atoms with Crippen LogP contribution in [0.4, 0.5) is 35.6 Å². The Kier molecular flexibility index (Phi) is 7.37. The summed E-state index contributed by atoms with van der Waals surface area (Å²) in [7, 11) is 1.18. The van der Waals surface area contributed by atoms with Gasteiger partial charge in [0.05, 0.1) is 38.5 Å². The van der Waals surface area contributed by atoms with Crippen LogP contribution in [0.15, 0.2) is 28.7 Å². The molecule has 2 N–H and O–H groups in total. The maximum atomic E-state index is 15.1. The summed E-state index contributed by atoms with van der Waals surface area (Å²) in [5.41, 5.74) is 2.40. The molecule has 3 amide bonds. The van der Waals surface area contributed by atoms with Gasteiger partial charge in [-0.05, 0) is 6.07 Å². The van der Waals surface area contributed by atoms with Crippen LogP contribution in [-0.2, 0) is 9.47 Å². The highest BCUT2D eigenvalue weighted by atomic mass is 19.1. The van der Waals surface area contributed by atoms with Crippen molar-refractivity contribution >= 4 is 35.4 Å². The minimum Gasteiger partial charge on any atom is -0.453 e. The van der Waals surface area contributed by atoms with Crippen LogP contribution >= 0.6 is 0 Å². The van der Waals surface area contributed by atoms with Gasteiger partial charge < -0.3 is 24.1 Å². The first-order valence-electron chi connectivity index (χ1n) is 11.0. The summed E-state index contributed by atoms with van der Waals surface area (Å²) < 4.78 is 44.7. The molecule has 14 nitrogen and oxygen atoms in total. The van der Waals surface area contributed by atoms with E-state index < -0.39 is 46.6 Å². The molecule has 3 heterocycles. The number of rotatable bonds is 6. The summed E-state index contributed by atoms with van der Waals surface area (Å²) in [6, 6.07) is 4.22. The number of carbonyl (C=O) groups excluding carboxylic acids is 3. The van der Waals surface area contributed by atoms with E-state index in [2.05, 4.69) is 15.5 Å². The fraction of sp³-hybridized carbons (Fsp3) is 0.381. The molecule has 2 aliphatic rings. The number of nitrogens with zero attached hydrogens (tertiary/aromatic N) is 4. The zero-order valence-corrected chi connectivity index (χ0v) is 19.4. The van der Waals surface area contributed by atoms with E-state index in [4.69, 9.17) is 9.15 Å². The lowest BCUT2D eigenvalue weighted by molar-refractivity contribution is -0.402. The lowest BCUT2D eigenvalue weighted by Crippen LogP contribution is -2.43. The zero-order valence-electron chi connectivity index (χ0n) is 19.4. The van der Waals surface area contributed by atoms with Gasteiger partial charge in [0.15, 0.2) is 11.6 Å². The van der Waals surface area contributed by atoms with E-state index in [0.29, 0.717) is 0 Å². The third kappa shape index (κ3) is 5.53. The molecule has 198 valence electrons. The number of hydrogen-bond donors (Lipinski definition) is 2.